The van der Waals surface area contributed by atoms with Crippen molar-refractivity contribution in [3.8, 4) is 0 Å². The molecule has 120 valence electrons. The number of aryl methyl sites for hydroxylation is 1. The van der Waals surface area contributed by atoms with Crippen LogP contribution in [0.5, 0.6) is 0 Å². The third-order valence-electron chi connectivity index (χ3n) is 2.71. The maximum absolute atomic E-state index is 12.6. The van der Waals surface area contributed by atoms with Crippen molar-refractivity contribution >= 4 is 10.5 Å². The highest BCUT2D eigenvalue weighted by Gasteiger charge is 2.37. The van der Waals surface area contributed by atoms with Gasteiger partial charge in [0, 0.05) is 6.42 Å². The Kier molecular flexibility index (Phi) is 5.08. The maximum atomic E-state index is 12.6. The molecular weight excluding hydrogens is 322 g/mol. The summed E-state index contributed by atoms with van der Waals surface area (Å²) in [5.74, 6) is -2.56. The second-order valence-electron chi connectivity index (χ2n) is 4.36. The van der Waals surface area contributed by atoms with Crippen molar-refractivity contribution in [3.63, 3.8) is 0 Å². The van der Waals surface area contributed by atoms with Crippen molar-refractivity contribution in [1.82, 2.24) is 0 Å². The Hall–Kier alpha value is -1.10. The molecule has 0 aliphatic carbocycles. The minimum absolute atomic E-state index is 0.0118. The molecule has 0 atom stereocenters. The first-order valence-corrected chi connectivity index (χ1v) is 6.45. The summed E-state index contributed by atoms with van der Waals surface area (Å²) in [5, 5.41) is 18.3. The van der Waals surface area contributed by atoms with Crippen LogP contribution < -0.4 is 0 Å². The molecule has 0 aromatic heterocycles. The Balaban J connectivity index is 3.14. The van der Waals surface area contributed by atoms with Gasteiger partial charge in [0.1, 0.15) is 0 Å². The van der Waals surface area contributed by atoms with Gasteiger partial charge in [0.15, 0.2) is 10.5 Å². The predicted octanol–water partition coefficient (Wildman–Crippen LogP) is 1.59. The minimum Gasteiger partial charge on any atom is -0.381 e. The summed E-state index contributed by atoms with van der Waals surface area (Å²) < 4.78 is 79.9. The third kappa shape index (κ3) is 5.30. The highest BCUT2D eigenvalue weighted by atomic mass is 28.2. The van der Waals surface area contributed by atoms with Crippen LogP contribution in [-0.2, 0) is 23.2 Å². The normalized spacial score (nSPS) is 13.7. The fourth-order valence-corrected chi connectivity index (χ4v) is 1.78. The number of rotatable bonds is 4. The molecule has 0 amide bonds. The van der Waals surface area contributed by atoms with Crippen LogP contribution in [-0.4, -0.2) is 26.7 Å². The molecule has 0 heterocycles. The number of halogens is 6. The lowest BCUT2D eigenvalue weighted by Crippen LogP contribution is -2.31. The number of aliphatic hydroxyl groups is 2. The molecule has 0 aliphatic heterocycles. The standard InChI is InChI=1S/C11H12F6O3Si/c12-10(13,14)7-3-6(1-2-9(18,19)20-21)4-8(5-7)11(15,16)17/h3-5,18-19H,1-2H2,21H3. The van der Waals surface area contributed by atoms with Crippen LogP contribution in [0.15, 0.2) is 18.2 Å². The quantitative estimate of drug-likeness (QED) is 0.500. The van der Waals surface area contributed by atoms with Crippen LogP contribution in [0, 0.1) is 0 Å². The largest absolute Gasteiger partial charge is 0.416 e. The molecule has 0 bridgehead atoms. The molecule has 0 saturated heterocycles. The Labute approximate surface area is 118 Å². The van der Waals surface area contributed by atoms with Crippen molar-refractivity contribution in [3.05, 3.63) is 34.9 Å². The number of hydrogen-bond donors (Lipinski definition) is 2. The van der Waals surface area contributed by atoms with E-state index in [9.17, 15) is 26.3 Å². The van der Waals surface area contributed by atoms with E-state index in [0.717, 1.165) is 0 Å². The zero-order valence-electron chi connectivity index (χ0n) is 10.7. The smallest absolute Gasteiger partial charge is 0.381 e. The van der Waals surface area contributed by atoms with Crippen molar-refractivity contribution in [2.45, 2.75) is 31.2 Å². The predicted molar refractivity (Wildman–Crippen MR) is 63.0 cm³/mol. The first-order chi connectivity index (χ1) is 9.35. The van der Waals surface area contributed by atoms with Gasteiger partial charge in [0.25, 0.3) is 5.97 Å². The molecule has 1 aromatic rings. The monoisotopic (exact) mass is 334 g/mol. The van der Waals surface area contributed by atoms with E-state index in [1.165, 1.54) is 0 Å². The summed E-state index contributed by atoms with van der Waals surface area (Å²) in [7, 11) is -0.0542. The Morgan fingerprint density at radius 1 is 0.905 bits per heavy atom. The number of alkyl halides is 6. The molecule has 1 aromatic carbocycles. The summed E-state index contributed by atoms with van der Waals surface area (Å²) in [6.07, 6.45) is -10.8. The van der Waals surface area contributed by atoms with E-state index in [2.05, 4.69) is 4.43 Å². The van der Waals surface area contributed by atoms with Gasteiger partial charge in [-0.3, -0.25) is 0 Å². The van der Waals surface area contributed by atoms with Crippen LogP contribution in [0.3, 0.4) is 0 Å². The number of benzene rings is 1. The van der Waals surface area contributed by atoms with Crippen molar-refractivity contribution in [2.75, 3.05) is 0 Å². The minimum atomic E-state index is -4.93. The average Bonchev–Trinajstić information content (AvgIpc) is 2.34. The lowest BCUT2D eigenvalue weighted by atomic mass is 10.0. The molecule has 0 spiro atoms. The van der Waals surface area contributed by atoms with Gasteiger partial charge >= 0.3 is 12.4 Å². The van der Waals surface area contributed by atoms with Gasteiger partial charge in [-0.2, -0.15) is 26.3 Å². The molecule has 0 fully saturated rings. The Morgan fingerprint density at radius 2 is 1.33 bits per heavy atom. The molecule has 1 rings (SSSR count). The summed E-state index contributed by atoms with van der Waals surface area (Å²) in [5.41, 5.74) is -3.20. The SMILES string of the molecule is OC(O)(CCc1cc(C(F)(F)F)cc(C(F)(F)F)c1)O[SiH3]. The van der Waals surface area contributed by atoms with E-state index < -0.39 is 42.3 Å². The molecular formula is C11H12F6O3Si. The second kappa shape index (κ2) is 5.95. The van der Waals surface area contributed by atoms with E-state index in [1.54, 1.807) is 0 Å². The summed E-state index contributed by atoms with van der Waals surface area (Å²) in [6, 6.07) is 1.09. The van der Waals surface area contributed by atoms with Gasteiger partial charge in [0.2, 0.25) is 0 Å². The summed E-state index contributed by atoms with van der Waals surface area (Å²) in [4.78, 5) is 0. The summed E-state index contributed by atoms with van der Waals surface area (Å²) >= 11 is 0. The highest BCUT2D eigenvalue weighted by molar-refractivity contribution is 5.98. The first-order valence-electron chi connectivity index (χ1n) is 5.63. The van der Waals surface area contributed by atoms with Gasteiger partial charge in [-0.25, -0.2) is 0 Å². The van der Waals surface area contributed by atoms with Crippen LogP contribution in [0.1, 0.15) is 23.1 Å². The number of hydrogen-bond acceptors (Lipinski definition) is 3. The maximum Gasteiger partial charge on any atom is 0.416 e. The van der Waals surface area contributed by atoms with E-state index >= 15 is 0 Å². The van der Waals surface area contributed by atoms with Crippen molar-refractivity contribution in [1.29, 1.82) is 0 Å². The van der Waals surface area contributed by atoms with E-state index in [-0.39, 0.29) is 22.1 Å². The molecule has 2 N–H and O–H groups in total. The summed E-state index contributed by atoms with van der Waals surface area (Å²) in [6.45, 7) is 0. The molecule has 0 saturated carbocycles. The lowest BCUT2D eigenvalue weighted by Gasteiger charge is -2.20. The fourth-order valence-electron chi connectivity index (χ4n) is 1.57. The van der Waals surface area contributed by atoms with Crippen LogP contribution in [0.2, 0.25) is 0 Å². The van der Waals surface area contributed by atoms with Gasteiger partial charge in [-0.05, 0) is 30.2 Å². The van der Waals surface area contributed by atoms with Crippen molar-refractivity contribution < 1.29 is 41.0 Å². The highest BCUT2D eigenvalue weighted by Crippen LogP contribution is 2.36. The molecule has 21 heavy (non-hydrogen) atoms. The van der Waals surface area contributed by atoms with E-state index in [1.807, 2.05) is 0 Å². The average molecular weight is 334 g/mol. The fraction of sp³-hybridized carbons (Fsp3) is 0.455. The topological polar surface area (TPSA) is 49.7 Å². The van der Waals surface area contributed by atoms with Crippen LogP contribution in [0.4, 0.5) is 26.3 Å². The van der Waals surface area contributed by atoms with Crippen molar-refractivity contribution in [2.24, 2.45) is 0 Å². The zero-order valence-corrected chi connectivity index (χ0v) is 12.7. The van der Waals surface area contributed by atoms with Gasteiger partial charge in [-0.15, -0.1) is 0 Å². The van der Waals surface area contributed by atoms with E-state index in [4.69, 9.17) is 10.2 Å². The van der Waals surface area contributed by atoms with E-state index in [0.29, 0.717) is 12.1 Å². The zero-order chi connectivity index (χ0) is 16.5. The molecule has 3 nitrogen and oxygen atoms in total. The van der Waals surface area contributed by atoms with Gasteiger partial charge in [0.05, 0.1) is 11.1 Å². The molecule has 0 aliphatic rings. The van der Waals surface area contributed by atoms with Crippen LogP contribution >= 0.6 is 0 Å². The molecule has 0 radical (unpaired) electrons. The molecule has 10 heteroatoms. The Morgan fingerprint density at radius 3 is 1.67 bits per heavy atom. The third-order valence-corrected chi connectivity index (χ3v) is 3.37. The Bertz CT molecular complexity index is 465. The van der Waals surface area contributed by atoms with Crippen LogP contribution in [0.25, 0.3) is 0 Å². The van der Waals surface area contributed by atoms with Gasteiger partial charge < -0.3 is 14.6 Å². The lowest BCUT2D eigenvalue weighted by molar-refractivity contribution is -0.294. The van der Waals surface area contributed by atoms with Gasteiger partial charge in [-0.1, -0.05) is 0 Å². The molecule has 0 unspecified atom stereocenters. The second-order valence-corrected chi connectivity index (χ2v) is 4.77. The first kappa shape index (κ1) is 17.9.